The minimum atomic E-state index is -4.82. The van der Waals surface area contributed by atoms with E-state index >= 15 is 0 Å². The molecule has 0 saturated carbocycles. The minimum Gasteiger partial charge on any atom is -0.731 e. The topological polar surface area (TPSA) is 113 Å². The molecule has 0 bridgehead atoms. The number of likely N-dealkylation sites (tertiary alicyclic amines) is 1. The minimum absolute atomic E-state index is 0. The predicted octanol–water partition coefficient (Wildman–Crippen LogP) is -2.97. The smallest absolute Gasteiger partial charge is 0.731 e. The third-order valence-electron chi connectivity index (χ3n) is 4.27. The number of carbonyl (C=O) groups is 2. The summed E-state index contributed by atoms with van der Waals surface area (Å²) in [4.78, 5) is 27.4. The van der Waals surface area contributed by atoms with Crippen LogP contribution in [0.2, 0.25) is 0 Å². The Labute approximate surface area is 168 Å². The van der Waals surface area contributed by atoms with Gasteiger partial charge in [0.2, 0.25) is 0 Å². The number of amides is 3. The molecule has 0 radical (unpaired) electrons. The van der Waals surface area contributed by atoms with Gasteiger partial charge in [-0.05, 0) is 30.7 Å². The van der Waals surface area contributed by atoms with Crippen LogP contribution in [0.4, 0.5) is 16.2 Å². The maximum Gasteiger partial charge on any atom is 1.00 e. The van der Waals surface area contributed by atoms with E-state index in [-0.39, 0.29) is 42.5 Å². The third kappa shape index (κ3) is 3.63. The monoisotopic (exact) mass is 376 g/mol. The van der Waals surface area contributed by atoms with E-state index in [1.807, 2.05) is 31.1 Å². The number of hydrogen-bond donors (Lipinski definition) is 1. The number of β-lactam (4-membered cyclic amide) rings is 1. The summed E-state index contributed by atoms with van der Waals surface area (Å²) in [6, 6.07) is 5.02. The number of anilines is 2. The molecule has 2 heterocycles. The van der Waals surface area contributed by atoms with Crippen molar-refractivity contribution in [3.05, 3.63) is 24.3 Å². The van der Waals surface area contributed by atoms with Gasteiger partial charge in [0.05, 0.1) is 6.04 Å². The predicted molar refractivity (Wildman–Crippen MR) is 85.2 cm³/mol. The zero-order valence-corrected chi connectivity index (χ0v) is 17.0. The van der Waals surface area contributed by atoms with Crippen molar-refractivity contribution < 1.29 is 52.1 Å². The van der Waals surface area contributed by atoms with Crippen molar-refractivity contribution in [3.8, 4) is 0 Å². The third-order valence-corrected chi connectivity index (χ3v) is 5.21. The number of hydrogen-bond acceptors (Lipinski definition) is 6. The normalized spacial score (nSPS) is 22.0. The Hall–Kier alpha value is -1.33. The van der Waals surface area contributed by atoms with Crippen molar-refractivity contribution >= 4 is 33.6 Å². The second kappa shape index (κ2) is 7.12. The van der Waals surface area contributed by atoms with Crippen molar-refractivity contribution in [2.75, 3.05) is 30.9 Å². The summed E-state index contributed by atoms with van der Waals surface area (Å²) in [5, 5.41) is 2.68. The van der Waals surface area contributed by atoms with Gasteiger partial charge in [0, 0.05) is 32.0 Å². The molecule has 2 fully saturated rings. The summed E-state index contributed by atoms with van der Waals surface area (Å²) in [7, 11) is -1.02. The van der Waals surface area contributed by atoms with Crippen LogP contribution in [-0.2, 0) is 15.1 Å². The molecule has 0 aromatic heterocycles. The molecule has 3 rings (SSSR count). The number of nitrogens with zero attached hydrogens (tertiary/aromatic N) is 3. The molecule has 130 valence electrons. The number of nitrogens with one attached hydrogen (secondary N) is 1. The van der Waals surface area contributed by atoms with Crippen LogP contribution in [0.5, 0.6) is 0 Å². The average molecular weight is 376 g/mol. The molecular weight excluding hydrogens is 359 g/mol. The molecule has 2 saturated heterocycles. The number of benzene rings is 1. The first kappa shape index (κ1) is 20.0. The molecule has 11 heteroatoms. The van der Waals surface area contributed by atoms with Gasteiger partial charge in [-0.15, -0.1) is 0 Å². The molecule has 2 atom stereocenters. The van der Waals surface area contributed by atoms with Gasteiger partial charge < -0.3 is 19.7 Å². The summed E-state index contributed by atoms with van der Waals surface area (Å²) in [6.07, 6.45) is 0.269. The molecule has 1 aromatic rings. The fourth-order valence-corrected chi connectivity index (χ4v) is 3.95. The van der Waals surface area contributed by atoms with Crippen molar-refractivity contribution in [3.63, 3.8) is 0 Å². The summed E-state index contributed by atoms with van der Waals surface area (Å²) in [5.41, 5.74) is 1.54. The van der Waals surface area contributed by atoms with E-state index < -0.39 is 34.3 Å². The molecule has 2 aliphatic rings. The molecule has 25 heavy (non-hydrogen) atoms. The van der Waals surface area contributed by atoms with E-state index in [9.17, 15) is 22.6 Å². The molecule has 1 N–H and O–H groups in total. The van der Waals surface area contributed by atoms with E-state index in [4.69, 9.17) is 0 Å². The molecule has 0 unspecified atom stereocenters. The van der Waals surface area contributed by atoms with E-state index in [1.165, 1.54) is 4.90 Å². The van der Waals surface area contributed by atoms with E-state index in [2.05, 4.69) is 5.32 Å². The Morgan fingerprint density at radius 2 is 1.88 bits per heavy atom. The second-order valence-electron chi connectivity index (χ2n) is 5.96. The Balaban J connectivity index is 0.00000225. The standard InChI is InChI=1S/C14H18N4O5S.Na/c1-16(2)10-5-3-9(4-6-10)15-14(20)17-8-7-11-12(17)13(19)18(11)24(21,22)23;/h3-6,11-12H,7-8H2,1-2H3,(H,15,20)(H,21,22,23);/q;+1/p-1/t11-,12+;/m1./s1. The summed E-state index contributed by atoms with van der Waals surface area (Å²) < 4.78 is 33.5. The van der Waals surface area contributed by atoms with Gasteiger partial charge in [0.15, 0.2) is 10.3 Å². The van der Waals surface area contributed by atoms with Crippen LogP contribution >= 0.6 is 0 Å². The van der Waals surface area contributed by atoms with Crippen LogP contribution in [-0.4, -0.2) is 66.8 Å². The maximum atomic E-state index is 12.3. The van der Waals surface area contributed by atoms with E-state index in [1.54, 1.807) is 12.1 Å². The van der Waals surface area contributed by atoms with Crippen molar-refractivity contribution in [1.82, 2.24) is 9.21 Å². The molecule has 3 amide bonds. The number of rotatable bonds is 3. The largest absolute Gasteiger partial charge is 1.00 e. The second-order valence-corrected chi connectivity index (χ2v) is 7.21. The molecule has 1 aromatic carbocycles. The summed E-state index contributed by atoms with van der Waals surface area (Å²) >= 11 is 0. The molecule has 9 nitrogen and oxygen atoms in total. The van der Waals surface area contributed by atoms with Crippen LogP contribution in [0.25, 0.3) is 0 Å². The first-order chi connectivity index (χ1) is 11.2. The van der Waals surface area contributed by atoms with Gasteiger partial charge in [-0.3, -0.25) is 4.79 Å². The maximum absolute atomic E-state index is 12.3. The van der Waals surface area contributed by atoms with Crippen LogP contribution in [0.1, 0.15) is 6.42 Å². The Bertz CT molecular complexity index is 783. The van der Waals surface area contributed by atoms with Crippen LogP contribution in [0, 0.1) is 0 Å². The molecule has 0 aliphatic carbocycles. The van der Waals surface area contributed by atoms with Gasteiger partial charge in [0.1, 0.15) is 6.04 Å². The van der Waals surface area contributed by atoms with Gasteiger partial charge in [-0.1, -0.05) is 0 Å². The van der Waals surface area contributed by atoms with E-state index in [0.717, 1.165) is 5.69 Å². The first-order valence-corrected chi connectivity index (χ1v) is 8.71. The first-order valence-electron chi connectivity index (χ1n) is 7.34. The fraction of sp³-hybridized carbons (Fsp3) is 0.429. The van der Waals surface area contributed by atoms with Gasteiger partial charge in [-0.25, -0.2) is 17.5 Å². The van der Waals surface area contributed by atoms with Gasteiger partial charge >= 0.3 is 35.6 Å². The van der Waals surface area contributed by atoms with Gasteiger partial charge in [-0.2, -0.15) is 0 Å². The summed E-state index contributed by atoms with van der Waals surface area (Å²) in [5.74, 6) is -0.842. The summed E-state index contributed by atoms with van der Waals surface area (Å²) in [6.45, 7) is 0.217. The fourth-order valence-electron chi connectivity index (χ4n) is 3.07. The zero-order chi connectivity index (χ0) is 17.6. The number of carbonyl (C=O) groups excluding carboxylic acids is 2. The SMILES string of the molecule is CN(C)c1ccc(NC(=O)N2CC[C@@H]3[C@H]2C(=O)N3S(=O)(=O)[O-])cc1.[Na+]. The number of urea groups is 1. The van der Waals surface area contributed by atoms with Crippen LogP contribution < -0.4 is 39.8 Å². The Morgan fingerprint density at radius 3 is 2.40 bits per heavy atom. The van der Waals surface area contributed by atoms with Crippen molar-refractivity contribution in [2.24, 2.45) is 0 Å². The average Bonchev–Trinajstić information content (AvgIpc) is 2.85. The van der Waals surface area contributed by atoms with Crippen molar-refractivity contribution in [2.45, 2.75) is 18.5 Å². The zero-order valence-electron chi connectivity index (χ0n) is 14.2. The Morgan fingerprint density at radius 1 is 1.28 bits per heavy atom. The van der Waals surface area contributed by atoms with Crippen LogP contribution in [0.15, 0.2) is 24.3 Å². The van der Waals surface area contributed by atoms with Crippen molar-refractivity contribution in [1.29, 1.82) is 0 Å². The molecule has 0 spiro atoms. The van der Waals surface area contributed by atoms with Gasteiger partial charge in [0.25, 0.3) is 5.91 Å². The van der Waals surface area contributed by atoms with E-state index in [0.29, 0.717) is 9.99 Å². The molecule has 2 aliphatic heterocycles. The Kier molecular flexibility index (Phi) is 5.69. The molecular formula is C14H17N4NaO5S. The van der Waals surface area contributed by atoms with Crippen LogP contribution in [0.3, 0.4) is 0 Å². The number of fused-ring (bicyclic) bond motifs is 1. The quantitative estimate of drug-likeness (QED) is 0.343.